The molecular weight excluding hydrogens is 835 g/mol. The third-order valence-electron chi connectivity index (χ3n) is 13.5. The molecule has 1 amide bonds. The number of hydrogen-bond donors (Lipinski definition) is 6. The first-order valence-electron chi connectivity index (χ1n) is 22.4. The van der Waals surface area contributed by atoms with E-state index < -0.39 is 54.4 Å². The first-order valence-corrected chi connectivity index (χ1v) is 22.4. The molecule has 1 saturated heterocycles. The minimum atomic E-state index is -2.57. The summed E-state index contributed by atoms with van der Waals surface area (Å²) in [5.41, 5.74) is 3.01. The van der Waals surface area contributed by atoms with Crippen LogP contribution in [0, 0.1) is 6.42 Å². The number of Topliss-reactive ketones (excluding diaryl/α,β-unsaturated/α-hetero) is 1. The molecule has 342 valence electrons. The number of allylic oxidation sites excluding steroid dienone is 3. The van der Waals surface area contributed by atoms with Gasteiger partial charge in [0.05, 0.1) is 55.2 Å². The van der Waals surface area contributed by atoms with E-state index in [0.717, 1.165) is 67.5 Å². The number of hydrogen-bond acceptors (Lipinski definition) is 14. The molecule has 3 aromatic rings. The minimum absolute atomic E-state index is 0.0496. The third kappa shape index (κ3) is 8.40. The average Bonchev–Trinajstić information content (AvgIpc) is 4.07. The molecule has 1 saturated carbocycles. The Morgan fingerprint density at radius 3 is 2.69 bits per heavy atom. The number of fused-ring (bicyclic) bond motifs is 7. The number of phenolic OH excluding ortho intramolecular Hbond substituents is 1. The minimum Gasteiger partial charge on any atom is -0.506 e. The number of nitrogens with zero attached hydrogens (tertiary/aromatic N) is 2. The van der Waals surface area contributed by atoms with Crippen molar-refractivity contribution in [3.63, 3.8) is 0 Å². The molecule has 65 heavy (non-hydrogen) atoms. The molecule has 0 radical (unpaired) electrons. The van der Waals surface area contributed by atoms with Crippen LogP contribution in [0.15, 0.2) is 82.0 Å². The molecule has 2 fully saturated rings. The molecule has 2 bridgehead atoms. The fourth-order valence-electron chi connectivity index (χ4n) is 9.89. The van der Waals surface area contributed by atoms with Crippen LogP contribution in [0.1, 0.15) is 81.8 Å². The number of unbranched alkanes of at least 4 members (excludes halogenated alkanes) is 1. The van der Waals surface area contributed by atoms with Crippen molar-refractivity contribution in [2.24, 2.45) is 4.99 Å². The smallest absolute Gasteiger partial charge is 0.254 e. The zero-order valence-electron chi connectivity index (χ0n) is 36.6. The van der Waals surface area contributed by atoms with Crippen molar-refractivity contribution in [1.82, 2.24) is 10.2 Å². The zero-order valence-corrected chi connectivity index (χ0v) is 36.6. The Balaban J connectivity index is 1.15. The first kappa shape index (κ1) is 44.8. The lowest BCUT2D eigenvalue weighted by Crippen LogP contribution is -2.69. The molecule has 6 unspecified atom stereocenters. The average molecular weight is 891 g/mol. The fraction of sp³-hybridized carbons (Fsp3) is 0.440. The van der Waals surface area contributed by atoms with Crippen molar-refractivity contribution < 1.29 is 58.8 Å². The number of phenols is 1. The van der Waals surface area contributed by atoms with Gasteiger partial charge in [-0.2, -0.15) is 4.99 Å². The van der Waals surface area contributed by atoms with Gasteiger partial charge in [0.25, 0.3) is 5.91 Å². The summed E-state index contributed by atoms with van der Waals surface area (Å²) in [4.78, 5) is 34.3. The van der Waals surface area contributed by atoms with Gasteiger partial charge in [0, 0.05) is 56.5 Å². The molecule has 4 aliphatic heterocycles. The number of nitrogens with one attached hydrogen (secondary N) is 1. The van der Waals surface area contributed by atoms with Crippen LogP contribution in [0.25, 0.3) is 16.8 Å². The molecule has 4 heterocycles. The topological polar surface area (TPSA) is 209 Å². The molecule has 6 N–H and O–H groups in total. The molecule has 15 nitrogen and oxygen atoms in total. The Morgan fingerprint density at radius 1 is 1.11 bits per heavy atom. The number of methoxy groups -OCH3 is 2. The Morgan fingerprint density at radius 2 is 1.92 bits per heavy atom. The number of carbonyl (C=O) groups excluding carboxylic acids is 2. The van der Waals surface area contributed by atoms with Gasteiger partial charge in [-0.05, 0) is 85.0 Å². The van der Waals surface area contributed by atoms with E-state index in [2.05, 4.69) is 10.3 Å². The maximum absolute atomic E-state index is 14.7. The highest BCUT2D eigenvalue weighted by Gasteiger charge is 2.57. The Kier molecular flexibility index (Phi) is 13.0. The quantitative estimate of drug-likeness (QED) is 0.0753. The second-order valence-electron chi connectivity index (χ2n) is 17.6. The Bertz CT molecular complexity index is 2510. The molecule has 9 rings (SSSR count). The van der Waals surface area contributed by atoms with Crippen LogP contribution in [0.3, 0.4) is 0 Å². The highest BCUT2D eigenvalue weighted by Crippen LogP contribution is 2.50. The van der Waals surface area contributed by atoms with Gasteiger partial charge < -0.3 is 59.4 Å². The van der Waals surface area contributed by atoms with E-state index in [1.807, 2.05) is 36.8 Å². The summed E-state index contributed by atoms with van der Waals surface area (Å²) in [5.74, 6) is -0.991. The lowest BCUT2D eigenvalue weighted by atomic mass is 9.86. The lowest BCUT2D eigenvalue weighted by Gasteiger charge is -2.47. The van der Waals surface area contributed by atoms with Crippen molar-refractivity contribution >= 4 is 34.8 Å². The number of ketones is 1. The van der Waals surface area contributed by atoms with Crippen molar-refractivity contribution in [2.45, 2.75) is 87.3 Å². The Labute approximate surface area is 377 Å². The van der Waals surface area contributed by atoms with Crippen LogP contribution in [0.5, 0.6) is 17.2 Å². The second kappa shape index (κ2) is 18.9. The van der Waals surface area contributed by atoms with Gasteiger partial charge in [0.2, 0.25) is 6.29 Å². The van der Waals surface area contributed by atoms with E-state index in [4.69, 9.17) is 23.7 Å². The van der Waals surface area contributed by atoms with E-state index >= 15 is 0 Å². The molecule has 2 aliphatic carbocycles. The van der Waals surface area contributed by atoms with E-state index in [1.165, 1.54) is 12.0 Å². The summed E-state index contributed by atoms with van der Waals surface area (Å²) < 4.78 is 30.5. The summed E-state index contributed by atoms with van der Waals surface area (Å²) in [6.45, 7) is 0.733. The lowest BCUT2D eigenvalue weighted by molar-refractivity contribution is -0.329. The van der Waals surface area contributed by atoms with E-state index in [0.29, 0.717) is 41.0 Å². The van der Waals surface area contributed by atoms with Crippen LogP contribution in [0.4, 0.5) is 0 Å². The van der Waals surface area contributed by atoms with Gasteiger partial charge in [-0.25, -0.2) is 0 Å². The number of aliphatic hydroxyl groups excluding tert-OH is 3. The van der Waals surface area contributed by atoms with Crippen molar-refractivity contribution in [1.29, 1.82) is 0 Å². The predicted molar refractivity (Wildman–Crippen MR) is 241 cm³/mol. The summed E-state index contributed by atoms with van der Waals surface area (Å²) in [6, 6.07) is 10.8. The number of ether oxygens (including phenoxy) is 5. The van der Waals surface area contributed by atoms with Gasteiger partial charge in [-0.15, -0.1) is 0 Å². The number of amides is 1. The Hall–Kier alpha value is -5.36. The van der Waals surface area contributed by atoms with Gasteiger partial charge in [-0.1, -0.05) is 31.0 Å². The highest BCUT2D eigenvalue weighted by atomic mass is 16.7. The highest BCUT2D eigenvalue weighted by molar-refractivity contribution is 6.11. The number of benzene rings is 3. The maximum atomic E-state index is 14.7. The molecule has 3 aromatic carbocycles. The molecular formula is C50H56N3O12+. The van der Waals surface area contributed by atoms with Gasteiger partial charge in [-0.3, -0.25) is 9.59 Å². The standard InChI is InChI=1S/C50H55N3O12/c1-61-18-8-7-17-51-22-28-13-15-37-35(19-28)36(23-52-37)39-16-14-33-40(62-2)21-31-20-34(29-9-3-4-10-29)43(38(55)25-53-24-30-11-5-6-12-32(30)48(53)59)45(57)42(31)46(33)65-49-50(60,27-54)47(58)44(56)41(64-49)26-63-39/h5-6,11-16,19-21,23,29,39,41,44,47,49,51,54,56,58,60H,3-4,7-10,17-18,22,24-27H2,1-2H3/p+1. The summed E-state index contributed by atoms with van der Waals surface area (Å²) >= 11 is 0. The van der Waals surface area contributed by atoms with E-state index in [9.17, 15) is 35.1 Å². The zero-order chi connectivity index (χ0) is 45.4. The van der Waals surface area contributed by atoms with Crippen molar-refractivity contribution in [2.75, 3.05) is 53.7 Å². The number of aliphatic hydroxyl groups is 4. The number of rotatable bonds is 14. The first-order chi connectivity index (χ1) is 31.5. The van der Waals surface area contributed by atoms with Crippen LogP contribution in [-0.4, -0.2) is 138 Å². The normalized spacial score (nSPS) is 26.3. The van der Waals surface area contributed by atoms with Crippen molar-refractivity contribution in [3.05, 3.63) is 111 Å². The number of aromatic hydroxyl groups is 1. The number of aliphatic imine (C=N–C) groups is 1. The molecule has 0 spiro atoms. The van der Waals surface area contributed by atoms with E-state index in [1.54, 1.807) is 43.7 Å². The van der Waals surface area contributed by atoms with Crippen LogP contribution < -0.4 is 14.8 Å². The molecule has 6 aliphatic rings. The van der Waals surface area contributed by atoms with Gasteiger partial charge in [0.15, 0.2) is 17.1 Å². The van der Waals surface area contributed by atoms with Gasteiger partial charge in [0.1, 0.15) is 47.2 Å². The monoisotopic (exact) mass is 890 g/mol. The van der Waals surface area contributed by atoms with Crippen LogP contribution in [-0.2, 0) is 20.8 Å². The predicted octanol–water partition coefficient (Wildman–Crippen LogP) is 4.44. The third-order valence-corrected chi connectivity index (χ3v) is 13.5. The molecule has 0 aromatic heterocycles. The van der Waals surface area contributed by atoms with Crippen LogP contribution >= 0.6 is 0 Å². The number of carbonyl (C=O) groups is 2. The van der Waals surface area contributed by atoms with Gasteiger partial charge >= 0.3 is 0 Å². The fourth-order valence-corrected chi connectivity index (χ4v) is 9.89. The van der Waals surface area contributed by atoms with E-state index in [-0.39, 0.29) is 53.8 Å². The largest absolute Gasteiger partial charge is 0.506 e. The maximum Gasteiger partial charge on any atom is 0.254 e. The summed E-state index contributed by atoms with van der Waals surface area (Å²) in [5, 5.41) is 61.9. The molecule has 6 atom stereocenters. The summed E-state index contributed by atoms with van der Waals surface area (Å²) in [6.07, 6.45) is 8.93. The molecule has 15 heteroatoms. The SMILES string of the molecule is COCCCCNCC1=CC=C2N=CC(C3C=Cc4c(OC)cc5cc(C6CCCC6)c(C(=O)CN6Cc7ccccc7C6=O)c(O)c5c4OC4OC(CO3)C(O)C(O)C4(O)CO)=C2[CH+]1. The summed E-state index contributed by atoms with van der Waals surface area (Å²) in [7, 11) is 3.17. The second-order valence-corrected chi connectivity index (χ2v) is 17.6. The van der Waals surface area contributed by atoms with Crippen LogP contribution in [0.2, 0.25) is 0 Å². The van der Waals surface area contributed by atoms with Crippen molar-refractivity contribution in [3.8, 4) is 17.2 Å².